The van der Waals surface area contributed by atoms with Gasteiger partial charge in [-0.1, -0.05) is 42.1 Å². The van der Waals surface area contributed by atoms with Crippen LogP contribution in [0.4, 0.5) is 5.69 Å². The van der Waals surface area contributed by atoms with Crippen molar-refractivity contribution in [1.29, 1.82) is 0 Å². The number of fused-ring (bicyclic) bond motifs is 1. The molecule has 2 aromatic rings. The van der Waals surface area contributed by atoms with Crippen LogP contribution in [-0.2, 0) is 16.3 Å². The molecule has 29 heavy (non-hydrogen) atoms. The molecule has 0 radical (unpaired) electrons. The number of carbonyl (C=O) groups is 1. The number of Topliss-reactive ketones (excluding diaryl/α,β-unsaturated/α-hetero) is 1. The molecular formula is C22H24N2O3S2. The van der Waals surface area contributed by atoms with E-state index in [1.807, 2.05) is 18.2 Å². The maximum Gasteiger partial charge on any atom is 0.164 e. The summed E-state index contributed by atoms with van der Waals surface area (Å²) in [6.07, 6.45) is 2.04. The summed E-state index contributed by atoms with van der Waals surface area (Å²) in [5.74, 6) is 1.18. The molecule has 0 spiro atoms. The van der Waals surface area contributed by atoms with E-state index in [-0.39, 0.29) is 29.4 Å². The number of nitrogens with zero attached hydrogens (tertiary/aromatic N) is 2. The fraction of sp³-hybridized carbons (Fsp3) is 0.364. The van der Waals surface area contributed by atoms with Crippen LogP contribution in [0.15, 0.2) is 59.6 Å². The number of thioether (sulfide) groups is 1. The van der Waals surface area contributed by atoms with E-state index < -0.39 is 9.84 Å². The van der Waals surface area contributed by atoms with Gasteiger partial charge in [0, 0.05) is 17.0 Å². The van der Waals surface area contributed by atoms with Gasteiger partial charge in [-0.2, -0.15) is 0 Å². The summed E-state index contributed by atoms with van der Waals surface area (Å²) in [6.45, 7) is 1.54. The number of amidine groups is 1. The Hall–Kier alpha value is -2.12. The highest BCUT2D eigenvalue weighted by atomic mass is 32.2. The first-order valence-corrected chi connectivity index (χ1v) is 12.6. The first kappa shape index (κ1) is 20.2. The number of aryl methyl sites for hydroxylation is 1. The first-order valence-electron chi connectivity index (χ1n) is 9.78. The second-order valence-corrected chi connectivity index (χ2v) is 10.7. The van der Waals surface area contributed by atoms with Crippen molar-refractivity contribution in [3.8, 4) is 0 Å². The molecule has 0 bridgehead atoms. The quantitative estimate of drug-likeness (QED) is 0.520. The lowest BCUT2D eigenvalue weighted by atomic mass is 10.1. The topological polar surface area (TPSA) is 66.8 Å². The molecule has 0 saturated carbocycles. The average Bonchev–Trinajstić information content (AvgIpc) is 3.17. The van der Waals surface area contributed by atoms with Gasteiger partial charge in [0.25, 0.3) is 0 Å². The molecule has 2 aliphatic rings. The Balaban J connectivity index is 1.48. The Morgan fingerprint density at radius 2 is 1.83 bits per heavy atom. The Morgan fingerprint density at radius 3 is 2.52 bits per heavy atom. The highest BCUT2D eigenvalue weighted by molar-refractivity contribution is 8.14. The minimum atomic E-state index is -3.06. The largest absolute Gasteiger partial charge is 0.315 e. The van der Waals surface area contributed by atoms with Crippen LogP contribution in [0.3, 0.4) is 0 Å². The molecule has 1 fully saturated rings. The number of sulfone groups is 1. The number of hydrogen-bond acceptors (Lipinski definition) is 6. The zero-order chi connectivity index (χ0) is 20.4. The second kappa shape index (κ2) is 8.32. The summed E-state index contributed by atoms with van der Waals surface area (Å²) in [5, 5.41) is 0.888. The van der Waals surface area contributed by atoms with E-state index in [0.29, 0.717) is 5.56 Å². The van der Waals surface area contributed by atoms with Crippen LogP contribution >= 0.6 is 11.8 Å². The van der Waals surface area contributed by atoms with Crippen LogP contribution in [0.25, 0.3) is 0 Å². The lowest BCUT2D eigenvalue weighted by molar-refractivity contribution is 0.101. The van der Waals surface area contributed by atoms with Gasteiger partial charge in [-0.15, -0.1) is 0 Å². The summed E-state index contributed by atoms with van der Waals surface area (Å²) in [6, 6.07) is 17.4. The average molecular weight is 429 g/mol. The van der Waals surface area contributed by atoms with E-state index in [1.54, 1.807) is 30.8 Å². The van der Waals surface area contributed by atoms with Crippen molar-refractivity contribution in [2.75, 3.05) is 22.2 Å². The van der Waals surface area contributed by atoms with Crippen molar-refractivity contribution < 1.29 is 13.2 Å². The maximum absolute atomic E-state index is 12.1. The molecular weight excluding hydrogens is 404 g/mol. The van der Waals surface area contributed by atoms with E-state index in [0.717, 1.165) is 29.4 Å². The predicted octanol–water partition coefficient (Wildman–Crippen LogP) is 3.60. The molecule has 0 aliphatic carbocycles. The molecule has 2 heterocycles. The predicted molar refractivity (Wildman–Crippen MR) is 120 cm³/mol. The molecule has 0 amide bonds. The van der Waals surface area contributed by atoms with E-state index in [9.17, 15) is 13.2 Å². The molecule has 2 aliphatic heterocycles. The molecule has 152 valence electrons. The van der Waals surface area contributed by atoms with Crippen molar-refractivity contribution in [3.05, 3.63) is 65.7 Å². The standard InChI is InChI=1S/C22H24N2O3S2/c1-16(25)18-9-11-19(12-10-18)24-21-15-29(26,27)14-20(21)23-22(24)28-13-5-8-17-6-3-2-4-7-17/h2-4,6-7,9-12,20-21H,5,8,13-15H2,1H3/t20-,21+/m0/s1. The van der Waals surface area contributed by atoms with Gasteiger partial charge in [-0.25, -0.2) is 8.42 Å². The molecule has 1 saturated heterocycles. The Kier molecular flexibility index (Phi) is 5.79. The van der Waals surface area contributed by atoms with E-state index >= 15 is 0 Å². The van der Waals surface area contributed by atoms with E-state index in [2.05, 4.69) is 29.2 Å². The number of benzene rings is 2. The fourth-order valence-electron chi connectivity index (χ4n) is 3.88. The Morgan fingerprint density at radius 1 is 1.10 bits per heavy atom. The number of anilines is 1. The highest BCUT2D eigenvalue weighted by Gasteiger charge is 2.47. The summed E-state index contributed by atoms with van der Waals surface area (Å²) in [7, 11) is -3.06. The van der Waals surface area contributed by atoms with Gasteiger partial charge in [0.05, 0.1) is 23.6 Å². The monoisotopic (exact) mass is 428 g/mol. The van der Waals surface area contributed by atoms with Gasteiger partial charge in [-0.3, -0.25) is 9.79 Å². The van der Waals surface area contributed by atoms with Crippen LogP contribution in [-0.4, -0.2) is 48.7 Å². The number of hydrogen-bond donors (Lipinski definition) is 0. The number of carbonyl (C=O) groups excluding carboxylic acids is 1. The minimum Gasteiger partial charge on any atom is -0.315 e. The van der Waals surface area contributed by atoms with Gasteiger partial charge in [-0.05, 0) is 49.6 Å². The van der Waals surface area contributed by atoms with E-state index in [4.69, 9.17) is 4.99 Å². The molecule has 2 atom stereocenters. The summed E-state index contributed by atoms with van der Waals surface area (Å²) >= 11 is 1.69. The maximum atomic E-state index is 12.1. The molecule has 2 aromatic carbocycles. The first-order chi connectivity index (χ1) is 13.9. The zero-order valence-corrected chi connectivity index (χ0v) is 18.0. The van der Waals surface area contributed by atoms with Gasteiger partial charge in [0.2, 0.25) is 0 Å². The lowest BCUT2D eigenvalue weighted by Crippen LogP contribution is -2.39. The van der Waals surface area contributed by atoms with Crippen molar-refractivity contribution >= 4 is 38.2 Å². The van der Waals surface area contributed by atoms with Crippen molar-refractivity contribution in [2.24, 2.45) is 4.99 Å². The van der Waals surface area contributed by atoms with Crippen molar-refractivity contribution in [2.45, 2.75) is 31.8 Å². The summed E-state index contributed by atoms with van der Waals surface area (Å²) in [4.78, 5) is 18.4. The fourth-order valence-corrected chi connectivity index (χ4v) is 6.78. The number of ketones is 1. The Bertz CT molecular complexity index is 1020. The highest BCUT2D eigenvalue weighted by Crippen LogP contribution is 2.35. The molecule has 7 heteroatoms. The molecule has 0 unspecified atom stereocenters. The van der Waals surface area contributed by atoms with Crippen molar-refractivity contribution in [3.63, 3.8) is 0 Å². The minimum absolute atomic E-state index is 0.0171. The zero-order valence-electron chi connectivity index (χ0n) is 16.3. The van der Waals surface area contributed by atoms with Crippen LogP contribution in [0, 0.1) is 0 Å². The van der Waals surface area contributed by atoms with Crippen LogP contribution in [0.5, 0.6) is 0 Å². The van der Waals surface area contributed by atoms with Crippen molar-refractivity contribution in [1.82, 2.24) is 0 Å². The molecule has 4 rings (SSSR count). The van der Waals surface area contributed by atoms with Crippen LogP contribution in [0.2, 0.25) is 0 Å². The van der Waals surface area contributed by atoms with E-state index in [1.165, 1.54) is 5.56 Å². The molecule has 5 nitrogen and oxygen atoms in total. The smallest absolute Gasteiger partial charge is 0.164 e. The van der Waals surface area contributed by atoms with Gasteiger partial charge in [0.1, 0.15) is 0 Å². The third-order valence-electron chi connectivity index (χ3n) is 5.34. The van der Waals surface area contributed by atoms with Crippen LogP contribution < -0.4 is 4.90 Å². The Labute approximate surface area is 176 Å². The summed E-state index contributed by atoms with van der Waals surface area (Å²) in [5.41, 5.74) is 2.87. The van der Waals surface area contributed by atoms with Gasteiger partial charge < -0.3 is 4.90 Å². The lowest BCUT2D eigenvalue weighted by Gasteiger charge is -2.26. The second-order valence-electron chi connectivity index (χ2n) is 7.53. The SMILES string of the molecule is CC(=O)c1ccc(N2C(SCCCc3ccccc3)=N[C@H]3CS(=O)(=O)C[C@H]32)cc1. The molecule has 0 N–H and O–H groups in total. The van der Waals surface area contributed by atoms with Gasteiger partial charge >= 0.3 is 0 Å². The molecule has 0 aromatic heterocycles. The number of rotatable bonds is 6. The number of aliphatic imine (C=N–C) groups is 1. The van der Waals surface area contributed by atoms with Gasteiger partial charge in [0.15, 0.2) is 20.8 Å². The van der Waals surface area contributed by atoms with Crippen LogP contribution in [0.1, 0.15) is 29.3 Å². The third kappa shape index (κ3) is 4.56. The normalized spacial score (nSPS) is 22.4. The summed E-state index contributed by atoms with van der Waals surface area (Å²) < 4.78 is 24.3. The third-order valence-corrected chi connectivity index (χ3v) is 8.10.